The van der Waals surface area contributed by atoms with E-state index in [0.717, 1.165) is 28.5 Å². The molecule has 10 atom stereocenters. The number of carbonyl (C=O) groups excluding carboxylic acids is 1. The van der Waals surface area contributed by atoms with Crippen LogP contribution in [-0.4, -0.2) is 105 Å². The average molecular weight is 822 g/mol. The van der Waals surface area contributed by atoms with Crippen molar-refractivity contribution in [3.8, 4) is 0 Å². The molecule has 14 nitrogen and oxygen atoms in total. The number of hydrogen-bond donors (Lipinski definition) is 3. The van der Waals surface area contributed by atoms with Crippen LogP contribution in [0.25, 0.3) is 0 Å². The number of hydrogen-bond acceptors (Lipinski definition) is 13. The zero-order chi connectivity index (χ0) is 40.9. The lowest BCUT2D eigenvalue weighted by Gasteiger charge is -2.49. The van der Waals surface area contributed by atoms with Crippen molar-refractivity contribution in [2.75, 3.05) is 19.5 Å². The first-order chi connectivity index (χ1) is 28.0. The van der Waals surface area contributed by atoms with Gasteiger partial charge in [-0.25, -0.2) is 0 Å². The minimum atomic E-state index is -4.00. The Morgan fingerprint density at radius 1 is 0.621 bits per heavy atom. The maximum Gasteiger partial charge on any atom is 0.264 e. The largest absolute Gasteiger partial charge is 0.385 e. The summed E-state index contributed by atoms with van der Waals surface area (Å²) >= 11 is 0. The predicted octanol–water partition coefficient (Wildman–Crippen LogP) is 3.63. The lowest BCUT2D eigenvalue weighted by molar-refractivity contribution is -0.356. The van der Waals surface area contributed by atoms with Gasteiger partial charge in [-0.1, -0.05) is 121 Å². The SMILES string of the molecule is CC(=O)N[C@@H]1[C@@H](OCc2ccccc2)[C@H](O[C@@H]2O[C@H](COCc3ccccc3)[C@H](OCc3ccccc3)[C@H](OCc3ccccc3)[C@H]2O)[C@@H](COS(C)(=O)=O)O[C@H]1O. The van der Waals surface area contributed by atoms with Gasteiger partial charge in [0.25, 0.3) is 10.1 Å². The van der Waals surface area contributed by atoms with Gasteiger partial charge >= 0.3 is 0 Å². The molecule has 2 aliphatic rings. The number of amides is 1. The summed E-state index contributed by atoms with van der Waals surface area (Å²) in [5, 5.41) is 26.1. The monoisotopic (exact) mass is 821 g/mol. The molecular weight excluding hydrogens is 771 g/mol. The average Bonchev–Trinajstić information content (AvgIpc) is 3.22. The molecule has 2 saturated heterocycles. The lowest BCUT2D eigenvalue weighted by atomic mass is 9.95. The molecule has 0 bridgehead atoms. The van der Waals surface area contributed by atoms with Crippen molar-refractivity contribution in [3.63, 3.8) is 0 Å². The minimum Gasteiger partial charge on any atom is -0.385 e. The molecule has 0 aromatic heterocycles. The first kappa shape index (κ1) is 43.5. The van der Waals surface area contributed by atoms with E-state index >= 15 is 0 Å². The third-order valence-corrected chi connectivity index (χ3v) is 10.2. The van der Waals surface area contributed by atoms with Gasteiger partial charge in [-0.05, 0) is 22.3 Å². The van der Waals surface area contributed by atoms with E-state index in [2.05, 4.69) is 5.32 Å². The summed E-state index contributed by atoms with van der Waals surface area (Å²) in [6.45, 7) is 1.21. The van der Waals surface area contributed by atoms with Crippen molar-refractivity contribution < 1.29 is 60.8 Å². The van der Waals surface area contributed by atoms with Crippen LogP contribution in [0.5, 0.6) is 0 Å². The fraction of sp³-hybridized carbons (Fsp3) is 0.419. The smallest absolute Gasteiger partial charge is 0.264 e. The third-order valence-electron chi connectivity index (χ3n) is 9.64. The Bertz CT molecular complexity index is 1930. The van der Waals surface area contributed by atoms with Crippen LogP contribution in [0.2, 0.25) is 0 Å². The van der Waals surface area contributed by atoms with Crippen molar-refractivity contribution in [1.82, 2.24) is 5.32 Å². The molecular formula is C43H51NO13S. The summed E-state index contributed by atoms with van der Waals surface area (Å²) in [6, 6.07) is 36.6. The van der Waals surface area contributed by atoms with Crippen molar-refractivity contribution in [3.05, 3.63) is 144 Å². The topological polar surface area (TPSA) is 178 Å². The van der Waals surface area contributed by atoms with Gasteiger partial charge in [-0.2, -0.15) is 8.42 Å². The van der Waals surface area contributed by atoms with E-state index in [4.69, 9.17) is 37.3 Å². The van der Waals surface area contributed by atoms with Crippen LogP contribution >= 0.6 is 0 Å². The van der Waals surface area contributed by atoms with E-state index in [-0.39, 0.29) is 33.0 Å². The Morgan fingerprint density at radius 3 is 1.55 bits per heavy atom. The van der Waals surface area contributed by atoms with Crippen molar-refractivity contribution in [2.45, 2.75) is 94.7 Å². The second-order valence-electron chi connectivity index (χ2n) is 14.2. The van der Waals surface area contributed by atoms with Crippen LogP contribution in [0, 0.1) is 0 Å². The molecule has 1 amide bonds. The fourth-order valence-corrected chi connectivity index (χ4v) is 7.23. The third kappa shape index (κ3) is 12.7. The Kier molecular flexibility index (Phi) is 15.9. The van der Waals surface area contributed by atoms with Gasteiger partial charge in [-0.3, -0.25) is 8.98 Å². The normalized spacial score (nSPS) is 27.5. The molecule has 0 saturated carbocycles. The number of aliphatic hydroxyl groups is 2. The highest BCUT2D eigenvalue weighted by atomic mass is 32.2. The molecule has 312 valence electrons. The fourth-order valence-electron chi connectivity index (χ4n) is 6.85. The molecule has 15 heteroatoms. The molecule has 58 heavy (non-hydrogen) atoms. The molecule has 2 fully saturated rings. The zero-order valence-electron chi connectivity index (χ0n) is 32.4. The molecule has 6 rings (SSSR count). The molecule has 2 aliphatic heterocycles. The van der Waals surface area contributed by atoms with Crippen molar-refractivity contribution >= 4 is 16.0 Å². The van der Waals surface area contributed by atoms with Gasteiger partial charge in [0, 0.05) is 6.92 Å². The lowest BCUT2D eigenvalue weighted by Crippen LogP contribution is -2.68. The number of ether oxygens (including phenoxy) is 7. The van der Waals surface area contributed by atoms with E-state index in [1.165, 1.54) is 6.92 Å². The van der Waals surface area contributed by atoms with Gasteiger partial charge < -0.3 is 48.7 Å². The summed E-state index contributed by atoms with van der Waals surface area (Å²) in [5.74, 6) is -0.497. The summed E-state index contributed by atoms with van der Waals surface area (Å²) in [4.78, 5) is 12.5. The van der Waals surface area contributed by atoms with E-state index in [1.54, 1.807) is 0 Å². The van der Waals surface area contributed by atoms with Crippen LogP contribution in [-0.2, 0) is 78.7 Å². The number of nitrogens with one attached hydrogen (secondary N) is 1. The second-order valence-corrected chi connectivity index (χ2v) is 15.8. The van der Waals surface area contributed by atoms with Gasteiger partial charge in [0.05, 0.1) is 45.9 Å². The first-order valence-electron chi connectivity index (χ1n) is 19.1. The highest BCUT2D eigenvalue weighted by molar-refractivity contribution is 7.85. The minimum absolute atomic E-state index is 0.00488. The van der Waals surface area contributed by atoms with Crippen LogP contribution in [0.1, 0.15) is 29.2 Å². The summed E-state index contributed by atoms with van der Waals surface area (Å²) < 4.78 is 74.2. The molecule has 0 radical (unpaired) electrons. The van der Waals surface area contributed by atoms with Gasteiger partial charge in [0.2, 0.25) is 5.91 Å². The van der Waals surface area contributed by atoms with Crippen LogP contribution in [0.15, 0.2) is 121 Å². The quantitative estimate of drug-likeness (QED) is 0.117. The maximum absolute atomic E-state index is 12.5. The summed E-state index contributed by atoms with van der Waals surface area (Å²) in [6.07, 6.45) is -10.3. The predicted molar refractivity (Wildman–Crippen MR) is 210 cm³/mol. The van der Waals surface area contributed by atoms with Crippen LogP contribution in [0.4, 0.5) is 0 Å². The van der Waals surface area contributed by atoms with Crippen molar-refractivity contribution in [1.29, 1.82) is 0 Å². The molecule has 2 heterocycles. The standard InChI is InChI=1S/C43H51NO13S/c1-29(45)44-36-40(52-25-32-19-11-5-12-20-32)39(35(55-42(36)47)28-54-58(2,48)49)57-43-37(46)41(53-26-33-21-13-6-14-22-33)38(51-24-31-17-9-4-10-18-31)34(56-43)27-50-23-30-15-7-3-8-16-30/h3-22,34-43,46-47H,23-28H2,1-2H3,(H,44,45)/t34-,35-,36-,37-,38+,39-,40-,41-,42-,43+/m1/s1. The first-order valence-corrected chi connectivity index (χ1v) is 20.9. The highest BCUT2D eigenvalue weighted by Gasteiger charge is 2.53. The van der Waals surface area contributed by atoms with Gasteiger partial charge in [0.1, 0.15) is 48.8 Å². The van der Waals surface area contributed by atoms with Crippen LogP contribution < -0.4 is 5.32 Å². The molecule has 4 aromatic carbocycles. The van der Waals surface area contributed by atoms with E-state index in [1.807, 2.05) is 121 Å². The molecule has 0 aliphatic carbocycles. The number of carbonyl (C=O) groups is 1. The Labute approximate surface area is 339 Å². The van der Waals surface area contributed by atoms with E-state index in [9.17, 15) is 23.4 Å². The highest BCUT2D eigenvalue weighted by Crippen LogP contribution is 2.34. The molecule has 0 unspecified atom stereocenters. The Morgan fingerprint density at radius 2 is 1.07 bits per heavy atom. The second kappa shape index (κ2) is 21.2. The van der Waals surface area contributed by atoms with Gasteiger partial charge in [-0.15, -0.1) is 0 Å². The Hall–Kier alpha value is -4.10. The maximum atomic E-state index is 12.5. The number of rotatable bonds is 19. The molecule has 0 spiro atoms. The van der Waals surface area contributed by atoms with Crippen LogP contribution in [0.3, 0.4) is 0 Å². The van der Waals surface area contributed by atoms with Gasteiger partial charge in [0.15, 0.2) is 12.6 Å². The zero-order valence-corrected chi connectivity index (χ0v) is 33.2. The molecule has 3 N–H and O–H groups in total. The molecule has 4 aromatic rings. The summed E-state index contributed by atoms with van der Waals surface area (Å²) in [5.41, 5.74) is 3.43. The van der Waals surface area contributed by atoms with E-state index in [0.29, 0.717) is 0 Å². The van der Waals surface area contributed by atoms with Crippen molar-refractivity contribution in [2.24, 2.45) is 0 Å². The summed E-state index contributed by atoms with van der Waals surface area (Å²) in [7, 11) is -4.00. The number of benzene rings is 4. The Balaban J connectivity index is 1.34. The number of aliphatic hydroxyl groups excluding tert-OH is 2. The van der Waals surface area contributed by atoms with E-state index < -0.39 is 84.0 Å².